The maximum absolute atomic E-state index is 12.3. The molecule has 0 fully saturated rings. The number of benzene rings is 1. The fourth-order valence-electron chi connectivity index (χ4n) is 3.30. The van der Waals surface area contributed by atoms with E-state index < -0.39 is 40.4 Å². The van der Waals surface area contributed by atoms with Gasteiger partial charge in [-0.3, -0.25) is 9.59 Å². The Labute approximate surface area is 159 Å². The van der Waals surface area contributed by atoms with Gasteiger partial charge in [-0.15, -0.1) is 0 Å². The summed E-state index contributed by atoms with van der Waals surface area (Å²) in [6.07, 6.45) is 0. The average molecular weight is 388 g/mol. The number of carbonyl (C=O) groups is 3. The molecule has 0 unspecified atom stereocenters. The molecular formula is C19H20N2O7. The number of nitrogens with two attached hydrogens (primary N) is 1. The normalized spacial score (nSPS) is 10.6. The molecule has 1 aromatic carbocycles. The molecule has 9 nitrogen and oxygen atoms in total. The predicted molar refractivity (Wildman–Crippen MR) is 101 cm³/mol. The van der Waals surface area contributed by atoms with Gasteiger partial charge in [-0.25, -0.2) is 9.59 Å². The van der Waals surface area contributed by atoms with E-state index in [1.807, 2.05) is 0 Å². The van der Waals surface area contributed by atoms with Crippen LogP contribution in [0.1, 0.15) is 49.9 Å². The lowest BCUT2D eigenvalue weighted by Crippen LogP contribution is -2.24. The topological polar surface area (TPSA) is 160 Å². The van der Waals surface area contributed by atoms with Crippen LogP contribution in [0.4, 0.5) is 5.82 Å². The largest absolute Gasteiger partial charge is 0.478 e. The Bertz CT molecular complexity index is 1070. The number of ether oxygens (including phenoxy) is 1. The number of aromatic amines is 1. The number of aryl methyl sites for hydroxylation is 2. The van der Waals surface area contributed by atoms with Crippen molar-refractivity contribution in [2.24, 2.45) is 0 Å². The zero-order chi connectivity index (χ0) is 21.3. The Morgan fingerprint density at radius 1 is 1.04 bits per heavy atom. The number of nitrogen functional groups attached to an aromatic ring is 1. The maximum atomic E-state index is 12.3. The molecule has 9 heteroatoms. The highest BCUT2D eigenvalue weighted by Crippen LogP contribution is 2.36. The van der Waals surface area contributed by atoms with E-state index in [0.29, 0.717) is 16.7 Å². The van der Waals surface area contributed by atoms with Crippen LogP contribution in [0.25, 0.3) is 11.1 Å². The number of esters is 1. The van der Waals surface area contributed by atoms with Gasteiger partial charge in [0.25, 0.3) is 5.56 Å². The lowest BCUT2D eigenvalue weighted by Gasteiger charge is -2.20. The van der Waals surface area contributed by atoms with Gasteiger partial charge < -0.3 is 25.7 Å². The monoisotopic (exact) mass is 388 g/mol. The molecule has 0 amide bonds. The standard InChI is InChI=1S/C19H20N2O7/c1-7-5-8(2)12(9(3)11(7)6-28-10(4)22)13-14(18(24)25)16(20)21-17(23)15(13)19(26)27/h5H,6H2,1-4H3,(H,24,25)(H,26,27)(H3,20,21,23). The summed E-state index contributed by atoms with van der Waals surface area (Å²) in [5.74, 6) is -4.01. The van der Waals surface area contributed by atoms with Gasteiger partial charge in [-0.2, -0.15) is 0 Å². The lowest BCUT2D eigenvalue weighted by atomic mass is 9.85. The molecule has 0 atom stereocenters. The Kier molecular flexibility index (Phi) is 5.58. The second kappa shape index (κ2) is 7.55. The van der Waals surface area contributed by atoms with Gasteiger partial charge in [-0.1, -0.05) is 6.07 Å². The van der Waals surface area contributed by atoms with Crippen LogP contribution >= 0.6 is 0 Å². The quantitative estimate of drug-likeness (QED) is 0.566. The molecule has 0 aliphatic carbocycles. The molecule has 0 spiro atoms. The van der Waals surface area contributed by atoms with Crippen molar-refractivity contribution in [3.05, 3.63) is 49.8 Å². The van der Waals surface area contributed by atoms with Crippen molar-refractivity contribution in [1.82, 2.24) is 4.98 Å². The number of hydrogen-bond donors (Lipinski definition) is 4. The van der Waals surface area contributed by atoms with Crippen LogP contribution in [0.15, 0.2) is 10.9 Å². The first-order valence-corrected chi connectivity index (χ1v) is 8.23. The van der Waals surface area contributed by atoms with Gasteiger partial charge in [0.05, 0.1) is 0 Å². The van der Waals surface area contributed by atoms with E-state index in [9.17, 15) is 29.4 Å². The van der Waals surface area contributed by atoms with Crippen molar-refractivity contribution in [1.29, 1.82) is 0 Å². The summed E-state index contributed by atoms with van der Waals surface area (Å²) in [5, 5.41) is 19.2. The van der Waals surface area contributed by atoms with E-state index in [1.165, 1.54) is 6.92 Å². The minimum absolute atomic E-state index is 0.0796. The molecule has 0 saturated heterocycles. The third-order valence-corrected chi connectivity index (χ3v) is 4.47. The summed E-state index contributed by atoms with van der Waals surface area (Å²) in [6, 6.07) is 1.70. The van der Waals surface area contributed by atoms with Crippen molar-refractivity contribution in [2.45, 2.75) is 34.3 Å². The molecule has 148 valence electrons. The number of aromatic carboxylic acids is 2. The van der Waals surface area contributed by atoms with Crippen LogP contribution in [0.3, 0.4) is 0 Å². The van der Waals surface area contributed by atoms with E-state index in [4.69, 9.17) is 10.5 Å². The molecule has 0 bridgehead atoms. The van der Waals surface area contributed by atoms with Crippen molar-refractivity contribution in [3.8, 4) is 11.1 Å². The number of carbonyl (C=O) groups excluding carboxylic acids is 1. The fourth-order valence-corrected chi connectivity index (χ4v) is 3.30. The van der Waals surface area contributed by atoms with Crippen molar-refractivity contribution in [3.63, 3.8) is 0 Å². The fraction of sp³-hybridized carbons (Fsp3) is 0.263. The summed E-state index contributed by atoms with van der Waals surface area (Å²) in [7, 11) is 0. The first kappa shape index (κ1) is 20.7. The van der Waals surface area contributed by atoms with E-state index >= 15 is 0 Å². The van der Waals surface area contributed by atoms with E-state index in [-0.39, 0.29) is 17.7 Å². The van der Waals surface area contributed by atoms with Gasteiger partial charge in [0.2, 0.25) is 0 Å². The van der Waals surface area contributed by atoms with Crippen LogP contribution in [-0.4, -0.2) is 33.1 Å². The van der Waals surface area contributed by atoms with Crippen LogP contribution < -0.4 is 11.3 Å². The number of carboxylic acid groups (broad SMARTS) is 2. The Balaban J connectivity index is 3.01. The Morgan fingerprint density at radius 3 is 2.11 bits per heavy atom. The minimum atomic E-state index is -1.58. The van der Waals surface area contributed by atoms with Gasteiger partial charge >= 0.3 is 17.9 Å². The molecule has 0 aliphatic rings. The van der Waals surface area contributed by atoms with E-state index in [1.54, 1.807) is 26.8 Å². The molecule has 0 saturated carbocycles. The molecule has 5 N–H and O–H groups in total. The number of aromatic nitrogens is 1. The number of carboxylic acids is 2. The van der Waals surface area contributed by atoms with E-state index in [0.717, 1.165) is 5.56 Å². The number of pyridine rings is 1. The van der Waals surface area contributed by atoms with E-state index in [2.05, 4.69) is 4.98 Å². The highest BCUT2D eigenvalue weighted by Gasteiger charge is 2.29. The molecule has 2 aromatic rings. The van der Waals surface area contributed by atoms with Gasteiger partial charge in [0.1, 0.15) is 23.6 Å². The second-order valence-electron chi connectivity index (χ2n) is 6.37. The van der Waals surface area contributed by atoms with Crippen LogP contribution in [0, 0.1) is 20.8 Å². The summed E-state index contributed by atoms with van der Waals surface area (Å²) in [6.45, 7) is 6.26. The molecule has 28 heavy (non-hydrogen) atoms. The summed E-state index contributed by atoms with van der Waals surface area (Å²) in [5.41, 5.74) is 5.83. The first-order chi connectivity index (χ1) is 13.0. The Hall–Kier alpha value is -3.62. The van der Waals surface area contributed by atoms with Crippen molar-refractivity contribution < 1.29 is 29.3 Å². The number of rotatable bonds is 5. The zero-order valence-electron chi connectivity index (χ0n) is 15.8. The lowest BCUT2D eigenvalue weighted by molar-refractivity contribution is -0.142. The molecule has 1 aromatic heterocycles. The molecule has 1 heterocycles. The molecule has 2 rings (SSSR count). The second-order valence-corrected chi connectivity index (χ2v) is 6.37. The third kappa shape index (κ3) is 3.59. The molecule has 0 radical (unpaired) electrons. The number of anilines is 1. The molecular weight excluding hydrogens is 368 g/mol. The smallest absolute Gasteiger partial charge is 0.342 e. The highest BCUT2D eigenvalue weighted by atomic mass is 16.5. The van der Waals surface area contributed by atoms with Crippen LogP contribution in [0.5, 0.6) is 0 Å². The number of H-pyrrole nitrogens is 1. The average Bonchev–Trinajstić information content (AvgIpc) is 2.52. The van der Waals surface area contributed by atoms with Gasteiger partial charge in [0.15, 0.2) is 0 Å². The highest BCUT2D eigenvalue weighted by molar-refractivity contribution is 6.08. The third-order valence-electron chi connectivity index (χ3n) is 4.47. The molecule has 0 aliphatic heterocycles. The van der Waals surface area contributed by atoms with Gasteiger partial charge in [-0.05, 0) is 48.6 Å². The maximum Gasteiger partial charge on any atom is 0.342 e. The number of hydrogen-bond acceptors (Lipinski definition) is 6. The zero-order valence-corrected chi connectivity index (χ0v) is 15.8. The van der Waals surface area contributed by atoms with Crippen LogP contribution in [0.2, 0.25) is 0 Å². The minimum Gasteiger partial charge on any atom is -0.478 e. The van der Waals surface area contributed by atoms with Crippen molar-refractivity contribution >= 4 is 23.7 Å². The summed E-state index contributed by atoms with van der Waals surface area (Å²) >= 11 is 0. The predicted octanol–water partition coefficient (Wildman–Crippen LogP) is 2.01. The van der Waals surface area contributed by atoms with Crippen LogP contribution in [-0.2, 0) is 16.1 Å². The summed E-state index contributed by atoms with van der Waals surface area (Å²) < 4.78 is 5.06. The summed E-state index contributed by atoms with van der Waals surface area (Å²) in [4.78, 5) is 49.1. The SMILES string of the molecule is CC(=O)OCc1c(C)cc(C)c(-c2c(C(=O)O)c(N)[nH]c(=O)c2C(=O)O)c1C. The van der Waals surface area contributed by atoms with Gasteiger partial charge in [0, 0.05) is 12.5 Å². The Morgan fingerprint density at radius 2 is 1.61 bits per heavy atom. The first-order valence-electron chi connectivity index (χ1n) is 8.23. The van der Waals surface area contributed by atoms with Crippen molar-refractivity contribution in [2.75, 3.05) is 5.73 Å². The number of nitrogens with one attached hydrogen (secondary N) is 1.